The first-order valence-electron chi connectivity index (χ1n) is 8.41. The fourth-order valence-corrected chi connectivity index (χ4v) is 3.01. The molecule has 3 N–H and O–H groups in total. The van der Waals surface area contributed by atoms with Gasteiger partial charge in [0.05, 0.1) is 23.4 Å². The lowest BCUT2D eigenvalue weighted by Gasteiger charge is -2.33. The van der Waals surface area contributed by atoms with Crippen molar-refractivity contribution in [2.45, 2.75) is 13.3 Å². The van der Waals surface area contributed by atoms with Crippen LogP contribution in [0, 0.1) is 0 Å². The summed E-state index contributed by atoms with van der Waals surface area (Å²) >= 11 is 6.00. The zero-order valence-electron chi connectivity index (χ0n) is 15.7. The maximum atomic E-state index is 12.3. The Morgan fingerprint density at radius 2 is 1.78 bits per heavy atom. The van der Waals surface area contributed by atoms with Crippen LogP contribution in [0.2, 0.25) is 5.02 Å². The number of nitrogens with two attached hydrogens (primary N) is 1. The molecule has 0 aliphatic carbocycles. The third kappa shape index (κ3) is 8.50. The predicted octanol–water partition coefficient (Wildman–Crippen LogP) is 2.95. The topological polar surface area (TPSA) is 70.8 Å². The molecule has 0 atom stereocenters. The third-order valence-electron chi connectivity index (χ3n) is 4.41. The Kier molecular flexibility index (Phi) is 15.2. The SMILES string of the molecule is CCN1CCN(CCCNC(=O)c2cc(Cl)c(N)cc2OC)CC1.Cl.Cl.Cl. The molecule has 0 aromatic heterocycles. The van der Waals surface area contributed by atoms with E-state index in [2.05, 4.69) is 22.0 Å². The van der Waals surface area contributed by atoms with Crippen molar-refractivity contribution in [2.24, 2.45) is 0 Å². The van der Waals surface area contributed by atoms with Crippen LogP contribution in [0.3, 0.4) is 0 Å². The largest absolute Gasteiger partial charge is 0.496 e. The molecular weight excluding hydrogens is 434 g/mol. The molecule has 1 fully saturated rings. The number of hydrogen-bond donors (Lipinski definition) is 2. The van der Waals surface area contributed by atoms with Crippen LogP contribution < -0.4 is 15.8 Å². The van der Waals surface area contributed by atoms with Crippen LogP contribution in [0.15, 0.2) is 12.1 Å². The van der Waals surface area contributed by atoms with Gasteiger partial charge in [0, 0.05) is 38.8 Å². The number of carbonyl (C=O) groups is 1. The molecule has 0 spiro atoms. The summed E-state index contributed by atoms with van der Waals surface area (Å²) in [6.07, 6.45) is 0.920. The highest BCUT2D eigenvalue weighted by molar-refractivity contribution is 6.33. The lowest BCUT2D eigenvalue weighted by atomic mass is 10.1. The zero-order chi connectivity index (χ0) is 17.5. The molecule has 6 nitrogen and oxygen atoms in total. The van der Waals surface area contributed by atoms with Gasteiger partial charge in [-0.2, -0.15) is 0 Å². The molecule has 1 aliphatic rings. The van der Waals surface area contributed by atoms with E-state index < -0.39 is 0 Å². The zero-order valence-corrected chi connectivity index (χ0v) is 18.9. The lowest BCUT2D eigenvalue weighted by molar-refractivity contribution is 0.0945. The number of amides is 1. The Labute approximate surface area is 185 Å². The summed E-state index contributed by atoms with van der Waals surface area (Å²) in [5.74, 6) is 0.245. The van der Waals surface area contributed by atoms with Gasteiger partial charge >= 0.3 is 0 Å². The van der Waals surface area contributed by atoms with Gasteiger partial charge in [0.2, 0.25) is 0 Å². The summed E-state index contributed by atoms with van der Waals surface area (Å²) < 4.78 is 5.21. The summed E-state index contributed by atoms with van der Waals surface area (Å²) in [6, 6.07) is 3.12. The van der Waals surface area contributed by atoms with Crippen LogP contribution in [0.25, 0.3) is 0 Å². The van der Waals surface area contributed by atoms with Crippen LogP contribution in [0.1, 0.15) is 23.7 Å². The predicted molar refractivity (Wildman–Crippen MR) is 120 cm³/mol. The molecular formula is C17H30Cl4N4O2. The highest BCUT2D eigenvalue weighted by Gasteiger charge is 2.16. The number of methoxy groups -OCH3 is 1. The number of ether oxygens (including phenoxy) is 1. The summed E-state index contributed by atoms with van der Waals surface area (Å²) in [5.41, 5.74) is 6.55. The van der Waals surface area contributed by atoms with Crippen LogP contribution in [0.4, 0.5) is 5.69 Å². The quantitative estimate of drug-likeness (QED) is 0.480. The van der Waals surface area contributed by atoms with Crippen molar-refractivity contribution >= 4 is 60.4 Å². The summed E-state index contributed by atoms with van der Waals surface area (Å²) in [4.78, 5) is 17.2. The molecule has 1 aliphatic heterocycles. The average molecular weight is 464 g/mol. The summed E-state index contributed by atoms with van der Waals surface area (Å²) in [6.45, 7) is 9.40. The van der Waals surface area contributed by atoms with Crippen molar-refractivity contribution in [3.63, 3.8) is 0 Å². The van der Waals surface area contributed by atoms with Crippen LogP contribution >= 0.6 is 48.8 Å². The van der Waals surface area contributed by atoms with E-state index in [0.29, 0.717) is 28.6 Å². The molecule has 0 radical (unpaired) electrons. The Balaban J connectivity index is 0. The van der Waals surface area contributed by atoms with Gasteiger partial charge in [-0.25, -0.2) is 0 Å². The number of nitrogen functional groups attached to an aromatic ring is 1. The van der Waals surface area contributed by atoms with Crippen LogP contribution in [0.5, 0.6) is 5.75 Å². The van der Waals surface area contributed by atoms with Crippen LogP contribution in [-0.2, 0) is 0 Å². The standard InChI is InChI=1S/C17H27ClN4O2.3ClH/c1-3-21-7-9-22(10-8-21)6-4-5-20-17(23)13-11-14(18)15(19)12-16(13)24-2;;;/h11-12H,3-10,19H2,1-2H3,(H,20,23);3*1H. The van der Waals surface area contributed by atoms with Crippen molar-refractivity contribution in [1.82, 2.24) is 15.1 Å². The van der Waals surface area contributed by atoms with Gasteiger partial charge in [-0.05, 0) is 25.6 Å². The van der Waals surface area contributed by atoms with Crippen LogP contribution in [-0.4, -0.2) is 68.6 Å². The van der Waals surface area contributed by atoms with E-state index in [4.69, 9.17) is 22.1 Å². The van der Waals surface area contributed by atoms with E-state index in [0.717, 1.165) is 45.7 Å². The first-order chi connectivity index (χ1) is 11.5. The van der Waals surface area contributed by atoms with E-state index in [1.165, 1.54) is 7.11 Å². The van der Waals surface area contributed by atoms with E-state index >= 15 is 0 Å². The highest BCUT2D eigenvalue weighted by atomic mass is 35.5. The highest BCUT2D eigenvalue weighted by Crippen LogP contribution is 2.28. The van der Waals surface area contributed by atoms with E-state index in [9.17, 15) is 4.79 Å². The molecule has 1 aromatic carbocycles. The van der Waals surface area contributed by atoms with Crippen molar-refractivity contribution in [1.29, 1.82) is 0 Å². The number of hydrogen-bond acceptors (Lipinski definition) is 5. The summed E-state index contributed by atoms with van der Waals surface area (Å²) in [5, 5.41) is 3.28. The molecule has 0 saturated carbocycles. The number of nitrogens with zero attached hydrogens (tertiary/aromatic N) is 2. The minimum Gasteiger partial charge on any atom is -0.496 e. The third-order valence-corrected chi connectivity index (χ3v) is 4.74. The van der Waals surface area contributed by atoms with E-state index in [1.807, 2.05) is 0 Å². The normalized spacial score (nSPS) is 14.3. The molecule has 1 aromatic rings. The van der Waals surface area contributed by atoms with Gasteiger partial charge in [0.25, 0.3) is 5.91 Å². The molecule has 0 bridgehead atoms. The average Bonchev–Trinajstić information content (AvgIpc) is 2.61. The van der Waals surface area contributed by atoms with Crippen molar-refractivity contribution in [3.8, 4) is 5.75 Å². The van der Waals surface area contributed by atoms with E-state index in [1.54, 1.807) is 12.1 Å². The second-order valence-electron chi connectivity index (χ2n) is 5.96. The van der Waals surface area contributed by atoms with Gasteiger partial charge in [-0.3, -0.25) is 4.79 Å². The first-order valence-corrected chi connectivity index (χ1v) is 8.78. The van der Waals surface area contributed by atoms with Gasteiger partial charge in [-0.1, -0.05) is 18.5 Å². The molecule has 0 unspecified atom stereocenters. The number of rotatable bonds is 7. The lowest BCUT2D eigenvalue weighted by Crippen LogP contribution is -2.46. The fraction of sp³-hybridized carbons (Fsp3) is 0.588. The molecule has 1 saturated heterocycles. The number of halogens is 4. The number of benzene rings is 1. The molecule has 158 valence electrons. The Bertz CT molecular complexity index is 570. The molecule has 2 rings (SSSR count). The second kappa shape index (κ2) is 14.4. The number of nitrogens with one attached hydrogen (secondary N) is 1. The Morgan fingerprint density at radius 3 is 2.33 bits per heavy atom. The number of piperazine rings is 1. The van der Waals surface area contributed by atoms with Crippen molar-refractivity contribution < 1.29 is 9.53 Å². The van der Waals surface area contributed by atoms with E-state index in [-0.39, 0.29) is 43.1 Å². The maximum absolute atomic E-state index is 12.3. The van der Waals surface area contributed by atoms with Gasteiger partial charge in [0.1, 0.15) is 5.75 Å². The summed E-state index contributed by atoms with van der Waals surface area (Å²) in [7, 11) is 1.51. The molecule has 27 heavy (non-hydrogen) atoms. The smallest absolute Gasteiger partial charge is 0.255 e. The number of likely N-dealkylation sites (N-methyl/N-ethyl adjacent to an activating group) is 1. The second-order valence-corrected chi connectivity index (χ2v) is 6.37. The molecule has 10 heteroatoms. The number of anilines is 1. The monoisotopic (exact) mass is 462 g/mol. The molecule has 1 amide bonds. The Hall–Kier alpha value is -0.630. The minimum atomic E-state index is -0.190. The number of carbonyl (C=O) groups excluding carboxylic acids is 1. The van der Waals surface area contributed by atoms with Crippen molar-refractivity contribution in [3.05, 3.63) is 22.7 Å². The maximum Gasteiger partial charge on any atom is 0.255 e. The first kappa shape index (κ1) is 28.6. The Morgan fingerprint density at radius 1 is 1.19 bits per heavy atom. The van der Waals surface area contributed by atoms with Gasteiger partial charge in [-0.15, -0.1) is 37.2 Å². The van der Waals surface area contributed by atoms with Crippen molar-refractivity contribution in [2.75, 3.05) is 58.7 Å². The fourth-order valence-electron chi connectivity index (χ4n) is 2.84. The van der Waals surface area contributed by atoms with Gasteiger partial charge < -0.3 is 25.6 Å². The van der Waals surface area contributed by atoms with Gasteiger partial charge in [0.15, 0.2) is 0 Å². The minimum absolute atomic E-state index is 0. The molecule has 1 heterocycles.